The summed E-state index contributed by atoms with van der Waals surface area (Å²) >= 11 is 5.82. The minimum atomic E-state index is -0.867. The number of carbonyl (C=O) groups is 3. The number of hydrogen-bond donors (Lipinski definition) is 1. The van der Waals surface area contributed by atoms with E-state index in [1.54, 1.807) is 30.3 Å². The molecule has 0 saturated carbocycles. The number of halogens is 1. The Morgan fingerprint density at radius 2 is 1.70 bits per heavy atom. The van der Waals surface area contributed by atoms with Crippen LogP contribution in [0.5, 0.6) is 5.75 Å². The van der Waals surface area contributed by atoms with E-state index in [9.17, 15) is 24.5 Å². The summed E-state index contributed by atoms with van der Waals surface area (Å²) in [6, 6.07) is 18.1. The molecule has 1 saturated heterocycles. The van der Waals surface area contributed by atoms with Gasteiger partial charge in [-0.25, -0.2) is 9.80 Å². The fourth-order valence-electron chi connectivity index (χ4n) is 3.12. The molecule has 33 heavy (non-hydrogen) atoms. The highest BCUT2D eigenvalue weighted by Gasteiger charge is 2.35. The van der Waals surface area contributed by atoms with E-state index < -0.39 is 34.1 Å². The van der Waals surface area contributed by atoms with Crippen LogP contribution in [-0.4, -0.2) is 22.7 Å². The minimum Gasteiger partial charge on any atom is -0.415 e. The van der Waals surface area contributed by atoms with Gasteiger partial charge in [0.15, 0.2) is 0 Å². The predicted molar refractivity (Wildman–Crippen MR) is 120 cm³/mol. The second-order valence-corrected chi connectivity index (χ2v) is 7.26. The predicted octanol–water partition coefficient (Wildman–Crippen LogP) is 3.93. The summed E-state index contributed by atoms with van der Waals surface area (Å²) < 4.78 is 5.33. The van der Waals surface area contributed by atoms with Crippen LogP contribution in [0.1, 0.15) is 15.9 Å². The first-order valence-electron chi connectivity index (χ1n) is 9.52. The van der Waals surface area contributed by atoms with E-state index in [-0.39, 0.29) is 16.7 Å². The van der Waals surface area contributed by atoms with E-state index in [1.807, 2.05) is 0 Å². The quantitative estimate of drug-likeness (QED) is 0.153. The van der Waals surface area contributed by atoms with Crippen LogP contribution in [0.15, 0.2) is 78.4 Å². The standard InChI is InChI=1S/C23H14ClN3O6/c24-16-11-9-14(10-12-16)23(30)33-20-15(5-4-8-19(20)27(31)32)13-18-21(28)25-26(22(18)29)17-6-2-1-3-7-17/h1-13H,(H,25,28). The summed E-state index contributed by atoms with van der Waals surface area (Å²) in [4.78, 5) is 48.8. The molecular weight excluding hydrogens is 450 g/mol. The van der Waals surface area contributed by atoms with Gasteiger partial charge in [0.1, 0.15) is 5.57 Å². The number of nitrogens with one attached hydrogen (secondary N) is 1. The molecule has 3 aromatic rings. The second-order valence-electron chi connectivity index (χ2n) is 6.82. The van der Waals surface area contributed by atoms with Gasteiger partial charge in [-0.05, 0) is 42.5 Å². The van der Waals surface area contributed by atoms with Crippen molar-refractivity contribution in [3.63, 3.8) is 0 Å². The molecule has 0 spiro atoms. The highest BCUT2D eigenvalue weighted by molar-refractivity contribution is 6.32. The van der Waals surface area contributed by atoms with Crippen LogP contribution in [0, 0.1) is 10.1 Å². The van der Waals surface area contributed by atoms with Crippen molar-refractivity contribution in [1.82, 2.24) is 5.43 Å². The van der Waals surface area contributed by atoms with Crippen molar-refractivity contribution < 1.29 is 24.0 Å². The van der Waals surface area contributed by atoms with Gasteiger partial charge >= 0.3 is 11.7 Å². The monoisotopic (exact) mass is 463 g/mol. The van der Waals surface area contributed by atoms with Crippen LogP contribution in [0.3, 0.4) is 0 Å². The van der Waals surface area contributed by atoms with Gasteiger partial charge in [-0.2, -0.15) is 0 Å². The van der Waals surface area contributed by atoms with Crippen molar-refractivity contribution >= 4 is 46.8 Å². The number of benzene rings is 3. The van der Waals surface area contributed by atoms with Crippen molar-refractivity contribution in [2.45, 2.75) is 0 Å². The average Bonchev–Trinajstić information content (AvgIpc) is 3.09. The molecule has 0 aromatic heterocycles. The molecule has 3 aromatic carbocycles. The van der Waals surface area contributed by atoms with Crippen LogP contribution < -0.4 is 15.2 Å². The van der Waals surface area contributed by atoms with Crippen LogP contribution in [0.2, 0.25) is 5.02 Å². The van der Waals surface area contributed by atoms with Crippen LogP contribution in [0.4, 0.5) is 11.4 Å². The SMILES string of the molecule is O=C1NN(c2ccccc2)C(=O)C1=Cc1cccc([N+](=O)[O-])c1OC(=O)c1ccc(Cl)cc1. The van der Waals surface area contributed by atoms with Gasteiger partial charge in [0.25, 0.3) is 11.8 Å². The molecule has 1 aliphatic rings. The van der Waals surface area contributed by atoms with Gasteiger partial charge in [0.2, 0.25) is 5.75 Å². The maximum atomic E-state index is 12.8. The molecule has 1 aliphatic heterocycles. The number of rotatable bonds is 5. The zero-order chi connectivity index (χ0) is 23.5. The molecule has 4 rings (SSSR count). The molecule has 164 valence electrons. The van der Waals surface area contributed by atoms with E-state index in [0.717, 1.165) is 17.2 Å². The molecule has 0 radical (unpaired) electrons. The summed E-state index contributed by atoms with van der Waals surface area (Å²) in [5, 5.41) is 13.0. The average molecular weight is 464 g/mol. The molecule has 1 heterocycles. The fourth-order valence-corrected chi connectivity index (χ4v) is 3.25. The topological polar surface area (TPSA) is 119 Å². The molecule has 10 heteroatoms. The second kappa shape index (κ2) is 8.93. The van der Waals surface area contributed by atoms with Crippen LogP contribution >= 0.6 is 11.6 Å². The molecule has 1 N–H and O–H groups in total. The Kier molecular flexibility index (Phi) is 5.88. The normalized spacial score (nSPS) is 14.3. The molecule has 0 bridgehead atoms. The fraction of sp³-hybridized carbons (Fsp3) is 0. The largest absolute Gasteiger partial charge is 0.415 e. The lowest BCUT2D eigenvalue weighted by Gasteiger charge is -2.14. The van der Waals surface area contributed by atoms with Crippen LogP contribution in [0.25, 0.3) is 6.08 Å². The lowest BCUT2D eigenvalue weighted by molar-refractivity contribution is -0.385. The smallest absolute Gasteiger partial charge is 0.343 e. The van der Waals surface area contributed by atoms with Gasteiger partial charge < -0.3 is 4.74 Å². The number of nitro benzene ring substituents is 1. The summed E-state index contributed by atoms with van der Waals surface area (Å²) in [7, 11) is 0. The van der Waals surface area contributed by atoms with Crippen molar-refractivity contribution in [1.29, 1.82) is 0 Å². The highest BCUT2D eigenvalue weighted by Crippen LogP contribution is 2.34. The number of para-hydroxylation sites is 2. The summed E-state index contributed by atoms with van der Waals surface area (Å²) in [6.45, 7) is 0. The van der Waals surface area contributed by atoms with E-state index in [1.165, 1.54) is 36.4 Å². The van der Waals surface area contributed by atoms with Gasteiger partial charge in [-0.15, -0.1) is 0 Å². The molecule has 0 atom stereocenters. The Hall–Kier alpha value is -4.50. The number of hydrogen-bond acceptors (Lipinski definition) is 6. The summed E-state index contributed by atoms with van der Waals surface area (Å²) in [6.07, 6.45) is 1.15. The maximum absolute atomic E-state index is 12.8. The Balaban J connectivity index is 1.73. The first kappa shape index (κ1) is 21.7. The number of carbonyl (C=O) groups excluding carboxylic acids is 3. The lowest BCUT2D eigenvalue weighted by Crippen LogP contribution is -2.35. The third-order valence-corrected chi connectivity index (χ3v) is 4.95. The number of nitro groups is 1. The van der Waals surface area contributed by atoms with Crippen molar-refractivity contribution in [3.05, 3.63) is 105 Å². The first-order valence-corrected chi connectivity index (χ1v) is 9.90. The van der Waals surface area contributed by atoms with Gasteiger partial charge in [0, 0.05) is 16.7 Å². The lowest BCUT2D eigenvalue weighted by atomic mass is 10.1. The van der Waals surface area contributed by atoms with Crippen molar-refractivity contribution in [2.75, 3.05) is 5.01 Å². The van der Waals surface area contributed by atoms with E-state index in [4.69, 9.17) is 16.3 Å². The molecular formula is C23H14ClN3O6. The number of esters is 1. The third-order valence-electron chi connectivity index (χ3n) is 4.70. The van der Waals surface area contributed by atoms with E-state index in [2.05, 4.69) is 5.43 Å². The van der Waals surface area contributed by atoms with Gasteiger partial charge in [0.05, 0.1) is 16.2 Å². The van der Waals surface area contributed by atoms with Gasteiger partial charge in [-0.3, -0.25) is 25.1 Å². The Labute approximate surface area is 192 Å². The first-order chi connectivity index (χ1) is 15.8. The molecule has 1 fully saturated rings. The Morgan fingerprint density at radius 1 is 1.00 bits per heavy atom. The molecule has 0 aliphatic carbocycles. The maximum Gasteiger partial charge on any atom is 0.343 e. The number of ether oxygens (including phenoxy) is 1. The Morgan fingerprint density at radius 3 is 2.36 bits per heavy atom. The zero-order valence-electron chi connectivity index (χ0n) is 16.7. The number of hydrazine groups is 1. The van der Waals surface area contributed by atoms with E-state index in [0.29, 0.717) is 10.7 Å². The summed E-state index contributed by atoms with van der Waals surface area (Å²) in [5.74, 6) is -2.62. The molecule has 2 amide bonds. The highest BCUT2D eigenvalue weighted by atomic mass is 35.5. The third kappa shape index (κ3) is 4.43. The van der Waals surface area contributed by atoms with Gasteiger partial charge in [-0.1, -0.05) is 41.9 Å². The van der Waals surface area contributed by atoms with E-state index >= 15 is 0 Å². The van der Waals surface area contributed by atoms with Crippen LogP contribution in [-0.2, 0) is 9.59 Å². The van der Waals surface area contributed by atoms with Crippen molar-refractivity contribution in [2.24, 2.45) is 0 Å². The number of amides is 2. The summed E-state index contributed by atoms with van der Waals surface area (Å²) in [5.41, 5.74) is 2.23. The molecule has 0 unspecified atom stereocenters. The van der Waals surface area contributed by atoms with Crippen molar-refractivity contribution in [3.8, 4) is 5.75 Å². The number of nitrogens with zero attached hydrogens (tertiary/aromatic N) is 2. The molecule has 9 nitrogen and oxygen atoms in total. The zero-order valence-corrected chi connectivity index (χ0v) is 17.5. The Bertz CT molecular complexity index is 1310. The number of anilines is 1. The minimum absolute atomic E-state index is 0.0138.